The van der Waals surface area contributed by atoms with Crippen molar-refractivity contribution >= 4 is 34.8 Å². The van der Waals surface area contributed by atoms with Gasteiger partial charge in [-0.25, -0.2) is 4.90 Å². The molecule has 0 N–H and O–H groups in total. The Labute approximate surface area is 198 Å². The van der Waals surface area contributed by atoms with E-state index in [1.54, 1.807) is 42.5 Å². The number of hydrogen-bond donors (Lipinski definition) is 0. The average molecular weight is 468 g/mol. The van der Waals surface area contributed by atoms with Crippen LogP contribution in [-0.2, 0) is 14.3 Å². The molecule has 1 spiro atoms. The lowest BCUT2D eigenvalue weighted by Crippen LogP contribution is -2.51. The fourth-order valence-corrected chi connectivity index (χ4v) is 5.44. The number of ketones is 2. The highest BCUT2D eigenvalue weighted by atomic mass is 16.6. The summed E-state index contributed by atoms with van der Waals surface area (Å²) in [7, 11) is 0. The van der Waals surface area contributed by atoms with Crippen molar-refractivity contribution < 1.29 is 28.8 Å². The van der Waals surface area contributed by atoms with Crippen molar-refractivity contribution in [3.05, 3.63) is 106 Å². The lowest BCUT2D eigenvalue weighted by atomic mass is 9.77. The zero-order valence-electron chi connectivity index (χ0n) is 18.0. The molecule has 35 heavy (non-hydrogen) atoms. The largest absolute Gasteiger partial charge is 0.349 e. The summed E-state index contributed by atoms with van der Waals surface area (Å²) in [6.45, 7) is 0. The van der Waals surface area contributed by atoms with Gasteiger partial charge < -0.3 is 4.74 Å². The zero-order chi connectivity index (χ0) is 24.5. The Morgan fingerprint density at radius 3 is 1.91 bits per heavy atom. The first-order valence-corrected chi connectivity index (χ1v) is 10.9. The Bertz CT molecular complexity index is 1410. The number of non-ortho nitro benzene ring substituents is 1. The van der Waals surface area contributed by atoms with Gasteiger partial charge in [-0.1, -0.05) is 54.6 Å². The average Bonchev–Trinajstić information content (AvgIpc) is 3.44. The fourth-order valence-electron chi connectivity index (χ4n) is 5.44. The normalized spacial score (nSPS) is 24.2. The Morgan fingerprint density at radius 1 is 0.771 bits per heavy atom. The van der Waals surface area contributed by atoms with E-state index in [0.29, 0.717) is 5.56 Å². The van der Waals surface area contributed by atoms with Gasteiger partial charge in [0.1, 0.15) is 0 Å². The molecule has 0 aromatic heterocycles. The zero-order valence-corrected chi connectivity index (χ0v) is 18.0. The van der Waals surface area contributed by atoms with E-state index >= 15 is 0 Å². The number of Topliss-reactive ketones (excluding diaryl/α,β-unsaturated/α-hetero) is 2. The first-order valence-electron chi connectivity index (χ1n) is 10.9. The van der Waals surface area contributed by atoms with Gasteiger partial charge in [-0.2, -0.15) is 0 Å². The van der Waals surface area contributed by atoms with Crippen molar-refractivity contribution in [1.82, 2.24) is 0 Å². The molecule has 3 aromatic carbocycles. The molecule has 0 unspecified atom stereocenters. The highest BCUT2D eigenvalue weighted by Gasteiger charge is 2.74. The molecule has 3 aliphatic rings. The van der Waals surface area contributed by atoms with Crippen LogP contribution in [0.15, 0.2) is 78.9 Å². The van der Waals surface area contributed by atoms with E-state index in [9.17, 15) is 29.3 Å². The molecular formula is C26H16N2O7. The second-order valence-electron chi connectivity index (χ2n) is 8.68. The third-order valence-electron chi connectivity index (χ3n) is 6.97. The molecule has 1 aliphatic carbocycles. The maximum absolute atomic E-state index is 13.8. The summed E-state index contributed by atoms with van der Waals surface area (Å²) in [6.07, 6.45) is -1.01. The number of ether oxygens (including phenoxy) is 1. The number of benzene rings is 3. The topological polar surface area (TPSA) is 124 Å². The van der Waals surface area contributed by atoms with Gasteiger partial charge in [0.2, 0.25) is 29.0 Å². The highest BCUT2D eigenvalue weighted by Crippen LogP contribution is 2.57. The Balaban J connectivity index is 1.51. The predicted molar refractivity (Wildman–Crippen MR) is 121 cm³/mol. The number of nitrogens with zero attached hydrogens (tertiary/aromatic N) is 2. The van der Waals surface area contributed by atoms with Gasteiger partial charge in [0, 0.05) is 23.3 Å². The number of carbonyl (C=O) groups excluding carboxylic acids is 4. The third-order valence-corrected chi connectivity index (χ3v) is 6.97. The number of anilines is 1. The van der Waals surface area contributed by atoms with Crippen LogP contribution in [0.3, 0.4) is 0 Å². The molecule has 2 heterocycles. The number of nitro groups is 1. The second-order valence-corrected chi connectivity index (χ2v) is 8.68. The van der Waals surface area contributed by atoms with Crippen LogP contribution in [0.25, 0.3) is 0 Å². The Kier molecular flexibility index (Phi) is 4.36. The maximum Gasteiger partial charge on any atom is 0.269 e. The second kappa shape index (κ2) is 7.25. The number of fused-ring (bicyclic) bond motifs is 3. The molecule has 0 radical (unpaired) electrons. The molecule has 0 saturated carbocycles. The van der Waals surface area contributed by atoms with E-state index in [-0.39, 0.29) is 22.5 Å². The summed E-state index contributed by atoms with van der Waals surface area (Å²) < 4.78 is 6.19. The number of imide groups is 1. The summed E-state index contributed by atoms with van der Waals surface area (Å²) >= 11 is 0. The molecule has 0 bridgehead atoms. The maximum atomic E-state index is 13.8. The molecule has 2 fully saturated rings. The van der Waals surface area contributed by atoms with Crippen molar-refractivity contribution in [2.75, 3.05) is 4.90 Å². The van der Waals surface area contributed by atoms with Crippen LogP contribution in [-0.4, -0.2) is 33.9 Å². The van der Waals surface area contributed by atoms with Crippen LogP contribution in [0.2, 0.25) is 0 Å². The van der Waals surface area contributed by atoms with Crippen molar-refractivity contribution in [3.8, 4) is 0 Å². The van der Waals surface area contributed by atoms with Gasteiger partial charge in [-0.15, -0.1) is 0 Å². The minimum atomic E-state index is -2.16. The quantitative estimate of drug-likeness (QED) is 0.250. The molecule has 2 amide bonds. The van der Waals surface area contributed by atoms with Crippen molar-refractivity contribution in [1.29, 1.82) is 0 Å². The van der Waals surface area contributed by atoms with Crippen molar-refractivity contribution in [2.24, 2.45) is 11.8 Å². The molecule has 9 heteroatoms. The fraction of sp³-hybridized carbons (Fsp3) is 0.154. The Hall–Kier alpha value is -4.50. The smallest absolute Gasteiger partial charge is 0.269 e. The molecule has 3 aromatic rings. The minimum absolute atomic E-state index is 0.123. The minimum Gasteiger partial charge on any atom is -0.349 e. The lowest BCUT2D eigenvalue weighted by molar-refractivity contribution is -0.384. The molecule has 2 aliphatic heterocycles. The molecule has 9 nitrogen and oxygen atoms in total. The number of nitro benzene ring substituents is 1. The van der Waals surface area contributed by atoms with Crippen LogP contribution < -0.4 is 4.90 Å². The standard InChI is InChI=1S/C26H16N2O7/c29-22-17-8-4-5-9-18(17)23(30)26(22)20-19(21(35-26)14-6-2-1-3-7-14)24(31)27(25(20)32)15-10-12-16(13-11-15)28(33)34/h1-13,19-21H/t19-,20-,21-/m1/s1. The van der Waals surface area contributed by atoms with Gasteiger partial charge in [-0.05, 0) is 17.7 Å². The van der Waals surface area contributed by atoms with E-state index in [2.05, 4.69) is 0 Å². The number of rotatable bonds is 3. The van der Waals surface area contributed by atoms with E-state index < -0.39 is 51.8 Å². The van der Waals surface area contributed by atoms with Gasteiger partial charge in [0.25, 0.3) is 5.69 Å². The first kappa shape index (κ1) is 21.1. The summed E-state index contributed by atoms with van der Waals surface area (Å²) in [5.74, 6) is -5.15. The van der Waals surface area contributed by atoms with Crippen LogP contribution in [0.5, 0.6) is 0 Å². The van der Waals surface area contributed by atoms with E-state index in [1.807, 2.05) is 0 Å². The first-order chi connectivity index (χ1) is 16.9. The van der Waals surface area contributed by atoms with E-state index in [4.69, 9.17) is 4.74 Å². The number of carbonyl (C=O) groups is 4. The predicted octanol–water partition coefficient (Wildman–Crippen LogP) is 3.29. The molecular weight excluding hydrogens is 452 g/mol. The van der Waals surface area contributed by atoms with Crippen LogP contribution in [0.4, 0.5) is 11.4 Å². The van der Waals surface area contributed by atoms with Crippen LogP contribution in [0, 0.1) is 22.0 Å². The number of hydrogen-bond acceptors (Lipinski definition) is 7. The lowest BCUT2D eigenvalue weighted by Gasteiger charge is -2.27. The van der Waals surface area contributed by atoms with Gasteiger partial charge >= 0.3 is 0 Å². The molecule has 172 valence electrons. The summed E-state index contributed by atoms with van der Waals surface area (Å²) in [5.41, 5.74) is -1.37. The highest BCUT2D eigenvalue weighted by molar-refractivity contribution is 6.37. The summed E-state index contributed by atoms with van der Waals surface area (Å²) in [5, 5.41) is 11.0. The van der Waals surface area contributed by atoms with Crippen LogP contribution in [0.1, 0.15) is 32.4 Å². The van der Waals surface area contributed by atoms with Gasteiger partial charge in [0.05, 0.1) is 28.6 Å². The SMILES string of the molecule is O=C1[C@H]2[C@@H](c3ccccc3)OC3(C(=O)c4ccccc4C3=O)[C@H]2C(=O)N1c1ccc([N+](=O)[O-])cc1. The van der Waals surface area contributed by atoms with E-state index in [0.717, 1.165) is 4.90 Å². The monoisotopic (exact) mass is 468 g/mol. The molecule has 6 rings (SSSR count). The van der Waals surface area contributed by atoms with Crippen molar-refractivity contribution in [2.45, 2.75) is 11.7 Å². The third kappa shape index (κ3) is 2.66. The van der Waals surface area contributed by atoms with Crippen LogP contribution >= 0.6 is 0 Å². The summed E-state index contributed by atoms with van der Waals surface area (Å²) in [4.78, 5) is 66.2. The van der Waals surface area contributed by atoms with E-state index in [1.165, 1.54) is 36.4 Å². The van der Waals surface area contributed by atoms with Gasteiger partial charge in [-0.3, -0.25) is 29.3 Å². The number of amides is 2. The summed E-state index contributed by atoms with van der Waals surface area (Å²) in [6, 6.07) is 19.9. The molecule has 3 atom stereocenters. The molecule has 2 saturated heterocycles. The Morgan fingerprint density at radius 2 is 1.34 bits per heavy atom. The van der Waals surface area contributed by atoms with Crippen molar-refractivity contribution in [3.63, 3.8) is 0 Å². The van der Waals surface area contributed by atoms with Gasteiger partial charge in [0.15, 0.2) is 0 Å².